The molecule has 2 heterocycles. The maximum atomic E-state index is 5.33. The molecule has 2 aliphatic rings. The fourth-order valence-corrected chi connectivity index (χ4v) is 40.6. The zero-order valence-electron chi connectivity index (χ0n) is 9.24. The first-order chi connectivity index (χ1) is 8.06. The molecular weight excluding hydrogens is 327 g/mol. The van der Waals surface area contributed by atoms with E-state index in [4.69, 9.17) is 11.7 Å². The summed E-state index contributed by atoms with van der Waals surface area (Å²) < 4.78 is 0. The maximum absolute atomic E-state index is 5.33. The average molecular weight is 340 g/mol. The van der Waals surface area contributed by atoms with Gasteiger partial charge in [0.25, 0.3) is 0 Å². The summed E-state index contributed by atoms with van der Waals surface area (Å²) in [6.07, 6.45) is 1.13. The molecule has 17 heavy (non-hydrogen) atoms. The van der Waals surface area contributed by atoms with E-state index in [0.717, 1.165) is 17.9 Å². The predicted molar refractivity (Wildman–Crippen MR) is 95.0 cm³/mol. The van der Waals surface area contributed by atoms with Gasteiger partial charge in [-0.15, -0.1) is 11.7 Å². The van der Waals surface area contributed by atoms with Gasteiger partial charge >= 0.3 is 0 Å². The molecule has 1 spiro atoms. The van der Waals surface area contributed by atoms with Crippen molar-refractivity contribution in [2.75, 3.05) is 5.75 Å². The monoisotopic (exact) mass is 339 g/mol. The van der Waals surface area contributed by atoms with Crippen LogP contribution in [0.5, 0.6) is 0 Å². The molecule has 2 aliphatic heterocycles. The summed E-state index contributed by atoms with van der Waals surface area (Å²) in [7, 11) is 7.59. The Kier molecular flexibility index (Phi) is 2.87. The Morgan fingerprint density at radius 2 is 1.94 bits per heavy atom. The second kappa shape index (κ2) is 3.76. The standard InChI is InChI=1S/C10H13NS6/c1-2-7-17(12,15-13-14-16-17)8-11-9-5-3-4-6-10(9)17/h3-6,8,12H,2,7H2,1H3. The topological polar surface area (TPSA) is 12.4 Å². The molecular formula is C10H13NS6. The van der Waals surface area contributed by atoms with Gasteiger partial charge in [0, 0.05) is 4.90 Å². The van der Waals surface area contributed by atoms with Gasteiger partial charge in [-0.1, -0.05) is 24.4 Å². The lowest BCUT2D eigenvalue weighted by molar-refractivity contribution is 1.10. The minimum absolute atomic E-state index is 1.10. The molecule has 1 nitrogen and oxygen atoms in total. The zero-order chi connectivity index (χ0) is 12.0. The van der Waals surface area contributed by atoms with Gasteiger partial charge in [0.1, 0.15) is 0 Å². The highest BCUT2D eigenvalue weighted by atomic mass is 34.2. The van der Waals surface area contributed by atoms with Crippen LogP contribution in [0.3, 0.4) is 0 Å². The van der Waals surface area contributed by atoms with Crippen molar-refractivity contribution in [1.82, 2.24) is 0 Å². The van der Waals surface area contributed by atoms with Crippen molar-refractivity contribution < 1.29 is 0 Å². The number of thiol groups is 1. The smallest absolute Gasteiger partial charge is 0.0768 e. The highest BCUT2D eigenvalue weighted by Gasteiger charge is 2.66. The van der Waals surface area contributed by atoms with Crippen LogP contribution in [0.2, 0.25) is 0 Å². The number of hydrogen-bond acceptors (Lipinski definition) is 6. The highest BCUT2D eigenvalue weighted by molar-refractivity contribution is 9.87. The van der Waals surface area contributed by atoms with Gasteiger partial charge in [-0.25, -0.2) is 4.99 Å². The summed E-state index contributed by atoms with van der Waals surface area (Å²) in [4.78, 5) is 6.03. The minimum Gasteiger partial charge on any atom is -0.249 e. The number of aliphatic imine (C=N–C) groups is 1. The fourth-order valence-electron chi connectivity index (χ4n) is 2.25. The summed E-state index contributed by atoms with van der Waals surface area (Å²) in [6.45, 7) is 2.24. The van der Waals surface area contributed by atoms with Gasteiger partial charge < -0.3 is 0 Å². The van der Waals surface area contributed by atoms with Gasteiger partial charge in [-0.2, -0.15) is 0 Å². The van der Waals surface area contributed by atoms with E-state index in [1.807, 2.05) is 39.3 Å². The van der Waals surface area contributed by atoms with E-state index in [9.17, 15) is 0 Å². The molecule has 0 unspecified atom stereocenters. The van der Waals surface area contributed by atoms with Crippen molar-refractivity contribution in [3.8, 4) is 0 Å². The second-order valence-electron chi connectivity index (χ2n) is 4.25. The molecule has 3 rings (SSSR count). The van der Waals surface area contributed by atoms with Gasteiger partial charge in [0.05, 0.1) is 11.2 Å². The van der Waals surface area contributed by atoms with E-state index < -0.39 is 5.39 Å². The molecule has 0 bridgehead atoms. The third kappa shape index (κ3) is 1.59. The Balaban J connectivity index is 2.33. The average Bonchev–Trinajstić information content (AvgIpc) is 2.82. The molecule has 1 aromatic rings. The van der Waals surface area contributed by atoms with Crippen LogP contribution in [0.25, 0.3) is 0 Å². The van der Waals surface area contributed by atoms with Crippen LogP contribution in [0.15, 0.2) is 34.2 Å². The van der Waals surface area contributed by atoms with E-state index in [-0.39, 0.29) is 0 Å². The Hall–Kier alpha value is 0.990. The molecule has 1 saturated heterocycles. The Morgan fingerprint density at radius 1 is 1.24 bits per heavy atom. The Labute approximate surface area is 120 Å². The first-order valence-electron chi connectivity index (χ1n) is 5.26. The van der Waals surface area contributed by atoms with Crippen LogP contribution in [0.4, 0.5) is 5.69 Å². The first kappa shape index (κ1) is 13.0. The number of hydrogen-bond donors (Lipinski definition) is 1. The summed E-state index contributed by atoms with van der Waals surface area (Å²) in [5, 5.41) is -2.71. The van der Waals surface area contributed by atoms with Gasteiger partial charge in [0.15, 0.2) is 0 Å². The number of fused-ring (bicyclic) bond motifs is 2. The van der Waals surface area contributed by atoms with Crippen molar-refractivity contribution in [3.05, 3.63) is 24.3 Å². The number of rotatable bonds is 2. The van der Waals surface area contributed by atoms with Crippen LogP contribution < -0.4 is 0 Å². The van der Waals surface area contributed by atoms with Crippen LogP contribution in [-0.2, 0) is 0 Å². The summed E-state index contributed by atoms with van der Waals surface area (Å²) in [6, 6.07) is 8.49. The number of benzene rings is 1. The minimum atomic E-state index is -2.71. The largest absolute Gasteiger partial charge is 0.249 e. The Morgan fingerprint density at radius 3 is 2.65 bits per heavy atom. The molecule has 0 N–H and O–H groups in total. The van der Waals surface area contributed by atoms with Crippen molar-refractivity contribution in [2.45, 2.75) is 18.2 Å². The normalized spacial score (nSPS) is 30.2. The molecule has 0 radical (unpaired) electrons. The van der Waals surface area contributed by atoms with Gasteiger partial charge in [-0.3, -0.25) is 0 Å². The van der Waals surface area contributed by atoms with Gasteiger partial charge in [-0.05, 0) is 63.6 Å². The Bertz CT molecular complexity index is 521. The van der Waals surface area contributed by atoms with E-state index in [1.165, 1.54) is 4.90 Å². The third-order valence-electron chi connectivity index (χ3n) is 3.00. The van der Waals surface area contributed by atoms with Crippen molar-refractivity contribution in [3.63, 3.8) is 0 Å². The van der Waals surface area contributed by atoms with Crippen LogP contribution >= 0.6 is 56.4 Å². The van der Waals surface area contributed by atoms with Crippen molar-refractivity contribution >= 4 is 67.6 Å². The molecule has 0 aromatic heterocycles. The number of nitrogens with zero attached hydrogens (tertiary/aromatic N) is 1. The lowest BCUT2D eigenvalue weighted by Gasteiger charge is -2.65. The van der Waals surface area contributed by atoms with Crippen LogP contribution in [-0.4, -0.2) is 11.3 Å². The molecule has 94 valence electrons. The molecule has 1 fully saturated rings. The zero-order valence-corrected chi connectivity index (χ0v) is 14.2. The van der Waals surface area contributed by atoms with E-state index in [0.29, 0.717) is 0 Å². The van der Waals surface area contributed by atoms with E-state index in [1.54, 1.807) is 0 Å². The number of para-hydroxylation sites is 1. The van der Waals surface area contributed by atoms with Gasteiger partial charge in [0.2, 0.25) is 0 Å². The second-order valence-corrected chi connectivity index (χ2v) is 26.2. The summed E-state index contributed by atoms with van der Waals surface area (Å²) in [5.41, 5.74) is 3.29. The highest BCUT2D eigenvalue weighted by Crippen LogP contribution is 3.19. The first-order valence-corrected chi connectivity index (χ1v) is 14.8. The summed E-state index contributed by atoms with van der Waals surface area (Å²) in [5.74, 6) is 1.10. The SMILES string of the molecule is CCCS12(S)(C=Nc3ccccc31)SSSS2. The molecule has 7 heteroatoms. The lowest BCUT2D eigenvalue weighted by atomic mass is 10.3. The summed E-state index contributed by atoms with van der Waals surface area (Å²) >= 11 is 5.33. The molecule has 0 aliphatic carbocycles. The predicted octanol–water partition coefficient (Wildman–Crippen LogP) is 6.37. The molecule has 1 aromatic carbocycles. The van der Waals surface area contributed by atoms with Crippen LogP contribution in [0.1, 0.15) is 13.3 Å². The fraction of sp³-hybridized carbons (Fsp3) is 0.300. The van der Waals surface area contributed by atoms with E-state index >= 15 is 0 Å². The third-order valence-corrected chi connectivity index (χ3v) is 32.8. The van der Waals surface area contributed by atoms with E-state index in [2.05, 4.69) is 41.7 Å². The molecule has 0 amide bonds. The lowest BCUT2D eigenvalue weighted by Crippen LogP contribution is -2.22. The maximum Gasteiger partial charge on any atom is 0.0768 e. The quantitative estimate of drug-likeness (QED) is 0.496. The molecule has 0 atom stereocenters. The van der Waals surface area contributed by atoms with Crippen LogP contribution in [0, 0.1) is 0 Å². The molecule has 0 saturated carbocycles. The van der Waals surface area contributed by atoms with Crippen molar-refractivity contribution in [2.24, 2.45) is 4.99 Å². The van der Waals surface area contributed by atoms with Crippen molar-refractivity contribution in [1.29, 1.82) is 0 Å².